The SMILES string of the molecule is N=C(N)N(C1CCCC1)C1CCCC1. The molecule has 3 nitrogen and oxygen atoms in total. The molecule has 0 aromatic heterocycles. The van der Waals surface area contributed by atoms with Crippen LogP contribution in [0.5, 0.6) is 0 Å². The van der Waals surface area contributed by atoms with Crippen molar-refractivity contribution in [3.63, 3.8) is 0 Å². The second-order valence-electron chi connectivity index (χ2n) is 4.67. The van der Waals surface area contributed by atoms with E-state index in [1.165, 1.54) is 51.4 Å². The molecule has 0 heterocycles. The number of guanidine groups is 1. The number of hydrogen-bond acceptors (Lipinski definition) is 1. The van der Waals surface area contributed by atoms with Crippen LogP contribution in [0.15, 0.2) is 0 Å². The van der Waals surface area contributed by atoms with Gasteiger partial charge in [-0.15, -0.1) is 0 Å². The van der Waals surface area contributed by atoms with Crippen LogP contribution >= 0.6 is 0 Å². The van der Waals surface area contributed by atoms with Crippen LogP contribution in [-0.2, 0) is 0 Å². The van der Waals surface area contributed by atoms with E-state index in [1.807, 2.05) is 0 Å². The number of nitrogens with one attached hydrogen (secondary N) is 1. The molecule has 2 saturated carbocycles. The van der Waals surface area contributed by atoms with E-state index in [0.717, 1.165) is 0 Å². The Bertz CT molecular complexity index is 187. The Morgan fingerprint density at radius 3 is 1.57 bits per heavy atom. The largest absolute Gasteiger partial charge is 0.370 e. The molecule has 3 N–H and O–H groups in total. The highest BCUT2D eigenvalue weighted by Crippen LogP contribution is 2.30. The Kier molecular flexibility index (Phi) is 2.94. The fourth-order valence-corrected chi connectivity index (χ4v) is 3.06. The maximum Gasteiger partial charge on any atom is 0.188 e. The second-order valence-corrected chi connectivity index (χ2v) is 4.67. The lowest BCUT2D eigenvalue weighted by Gasteiger charge is -2.34. The monoisotopic (exact) mass is 195 g/mol. The summed E-state index contributed by atoms with van der Waals surface area (Å²) in [6.07, 6.45) is 10.3. The topological polar surface area (TPSA) is 53.1 Å². The molecule has 2 fully saturated rings. The molecule has 0 saturated heterocycles. The summed E-state index contributed by atoms with van der Waals surface area (Å²) in [7, 11) is 0. The van der Waals surface area contributed by atoms with E-state index in [1.54, 1.807) is 0 Å². The van der Waals surface area contributed by atoms with Crippen LogP contribution in [0.2, 0.25) is 0 Å². The smallest absolute Gasteiger partial charge is 0.188 e. The van der Waals surface area contributed by atoms with Gasteiger partial charge in [0, 0.05) is 12.1 Å². The molecule has 0 aromatic carbocycles. The predicted molar refractivity (Wildman–Crippen MR) is 58.3 cm³/mol. The number of rotatable bonds is 2. The van der Waals surface area contributed by atoms with Gasteiger partial charge in [0.2, 0.25) is 0 Å². The molecular formula is C11H21N3. The zero-order valence-electron chi connectivity index (χ0n) is 8.84. The van der Waals surface area contributed by atoms with Gasteiger partial charge in [-0.05, 0) is 25.7 Å². The minimum Gasteiger partial charge on any atom is -0.370 e. The molecule has 0 spiro atoms. The summed E-state index contributed by atoms with van der Waals surface area (Å²) in [6.45, 7) is 0. The highest BCUT2D eigenvalue weighted by Gasteiger charge is 2.31. The van der Waals surface area contributed by atoms with Gasteiger partial charge in [-0.25, -0.2) is 0 Å². The Balaban J connectivity index is 2.02. The first-order chi connectivity index (χ1) is 6.79. The zero-order valence-corrected chi connectivity index (χ0v) is 8.84. The van der Waals surface area contributed by atoms with Crippen molar-refractivity contribution < 1.29 is 0 Å². The van der Waals surface area contributed by atoms with Crippen LogP contribution < -0.4 is 5.73 Å². The van der Waals surface area contributed by atoms with E-state index in [-0.39, 0.29) is 0 Å². The Hall–Kier alpha value is -0.730. The molecule has 0 aromatic rings. The van der Waals surface area contributed by atoms with E-state index >= 15 is 0 Å². The van der Waals surface area contributed by atoms with Crippen LogP contribution in [0.3, 0.4) is 0 Å². The standard InChI is InChI=1S/C11H21N3/c12-11(13)14(9-5-1-2-6-9)10-7-3-4-8-10/h9-10H,1-8H2,(H3,12,13). The van der Waals surface area contributed by atoms with E-state index in [9.17, 15) is 0 Å². The van der Waals surface area contributed by atoms with Crippen LogP contribution in [0.1, 0.15) is 51.4 Å². The van der Waals surface area contributed by atoms with Crippen molar-refractivity contribution in [3.8, 4) is 0 Å². The van der Waals surface area contributed by atoms with Crippen molar-refractivity contribution in [1.29, 1.82) is 5.41 Å². The first-order valence-corrected chi connectivity index (χ1v) is 5.91. The van der Waals surface area contributed by atoms with Crippen molar-refractivity contribution in [2.24, 2.45) is 5.73 Å². The molecule has 0 unspecified atom stereocenters. The Morgan fingerprint density at radius 2 is 1.29 bits per heavy atom. The zero-order chi connectivity index (χ0) is 9.97. The Morgan fingerprint density at radius 1 is 0.929 bits per heavy atom. The van der Waals surface area contributed by atoms with Crippen molar-refractivity contribution in [3.05, 3.63) is 0 Å². The first kappa shape index (κ1) is 9.81. The maximum absolute atomic E-state index is 7.68. The number of hydrogen-bond donors (Lipinski definition) is 2. The average Bonchev–Trinajstić information content (AvgIpc) is 2.75. The summed E-state index contributed by atoms with van der Waals surface area (Å²) in [5.41, 5.74) is 5.71. The molecule has 0 atom stereocenters. The molecule has 2 aliphatic rings. The molecule has 0 amide bonds. The summed E-state index contributed by atoms with van der Waals surface area (Å²) in [5, 5.41) is 7.68. The van der Waals surface area contributed by atoms with E-state index in [4.69, 9.17) is 11.1 Å². The Labute approximate surface area is 86.2 Å². The van der Waals surface area contributed by atoms with Crippen LogP contribution in [0.25, 0.3) is 0 Å². The average molecular weight is 195 g/mol. The molecule has 0 radical (unpaired) electrons. The van der Waals surface area contributed by atoms with Gasteiger partial charge in [0.05, 0.1) is 0 Å². The van der Waals surface area contributed by atoms with E-state index in [2.05, 4.69) is 4.90 Å². The van der Waals surface area contributed by atoms with Crippen LogP contribution in [0, 0.1) is 5.41 Å². The lowest BCUT2D eigenvalue weighted by atomic mass is 10.1. The lowest BCUT2D eigenvalue weighted by Crippen LogP contribution is -2.48. The van der Waals surface area contributed by atoms with Gasteiger partial charge in [0.15, 0.2) is 5.96 Å². The number of nitrogens with two attached hydrogens (primary N) is 1. The van der Waals surface area contributed by atoms with Crippen molar-refractivity contribution in [1.82, 2.24) is 4.90 Å². The highest BCUT2D eigenvalue weighted by molar-refractivity contribution is 5.75. The second kappa shape index (κ2) is 4.20. The normalized spacial score (nSPS) is 24.3. The molecule has 14 heavy (non-hydrogen) atoms. The van der Waals surface area contributed by atoms with Gasteiger partial charge in [0.1, 0.15) is 0 Å². The molecule has 0 bridgehead atoms. The molecule has 2 rings (SSSR count). The lowest BCUT2D eigenvalue weighted by molar-refractivity contribution is 0.235. The van der Waals surface area contributed by atoms with Crippen molar-refractivity contribution >= 4 is 5.96 Å². The molecule has 0 aliphatic heterocycles. The summed E-state index contributed by atoms with van der Waals surface area (Å²) < 4.78 is 0. The molecule has 80 valence electrons. The third-order valence-electron chi connectivity index (χ3n) is 3.71. The third kappa shape index (κ3) is 1.86. The predicted octanol–water partition coefficient (Wildman–Crippen LogP) is 2.07. The highest BCUT2D eigenvalue weighted by atomic mass is 15.3. The van der Waals surface area contributed by atoms with E-state index < -0.39 is 0 Å². The summed E-state index contributed by atoms with van der Waals surface area (Å²) in [5.74, 6) is 0.309. The number of nitrogens with zero attached hydrogens (tertiary/aromatic N) is 1. The van der Waals surface area contributed by atoms with Crippen molar-refractivity contribution in [2.45, 2.75) is 63.5 Å². The summed E-state index contributed by atoms with van der Waals surface area (Å²) in [6, 6.07) is 1.16. The van der Waals surface area contributed by atoms with Crippen LogP contribution in [-0.4, -0.2) is 22.9 Å². The maximum atomic E-state index is 7.68. The molecule has 3 heteroatoms. The van der Waals surface area contributed by atoms with Gasteiger partial charge in [-0.1, -0.05) is 25.7 Å². The van der Waals surface area contributed by atoms with Crippen LogP contribution in [0.4, 0.5) is 0 Å². The van der Waals surface area contributed by atoms with Gasteiger partial charge >= 0.3 is 0 Å². The minimum atomic E-state index is 0.309. The molecule has 2 aliphatic carbocycles. The van der Waals surface area contributed by atoms with Gasteiger partial charge in [-0.3, -0.25) is 5.41 Å². The molecular weight excluding hydrogens is 174 g/mol. The third-order valence-corrected chi connectivity index (χ3v) is 3.71. The fraction of sp³-hybridized carbons (Fsp3) is 0.909. The summed E-state index contributed by atoms with van der Waals surface area (Å²) in [4.78, 5) is 2.21. The van der Waals surface area contributed by atoms with Gasteiger partial charge in [0.25, 0.3) is 0 Å². The summed E-state index contributed by atoms with van der Waals surface area (Å²) >= 11 is 0. The van der Waals surface area contributed by atoms with E-state index in [0.29, 0.717) is 18.0 Å². The van der Waals surface area contributed by atoms with Gasteiger partial charge < -0.3 is 10.6 Å². The minimum absolute atomic E-state index is 0.309. The fourth-order valence-electron chi connectivity index (χ4n) is 3.06. The van der Waals surface area contributed by atoms with Gasteiger partial charge in [-0.2, -0.15) is 0 Å². The first-order valence-electron chi connectivity index (χ1n) is 5.91. The van der Waals surface area contributed by atoms with Crippen molar-refractivity contribution in [2.75, 3.05) is 0 Å². The quantitative estimate of drug-likeness (QED) is 0.523.